The monoisotopic (exact) mass is 403 g/mol. The molecule has 1 aliphatic carbocycles. The van der Waals surface area contributed by atoms with Crippen LogP contribution in [0.25, 0.3) is 6.08 Å². The van der Waals surface area contributed by atoms with Gasteiger partial charge in [-0.3, -0.25) is 4.79 Å². The lowest BCUT2D eigenvalue weighted by Gasteiger charge is -2.30. The first-order chi connectivity index (χ1) is 13.9. The summed E-state index contributed by atoms with van der Waals surface area (Å²) in [5.41, 5.74) is 2.82. The Balaban J connectivity index is 1.63. The minimum Gasteiger partial charge on any atom is -0.495 e. The Labute approximate surface area is 166 Å². The number of allylic oxidation sites excluding steroid dienone is 1. The molecule has 1 aliphatic heterocycles. The van der Waals surface area contributed by atoms with Crippen LogP contribution < -0.4 is 9.64 Å². The van der Waals surface area contributed by atoms with E-state index in [0.29, 0.717) is 42.1 Å². The molecular weight excluding hydrogens is 383 g/mol. The molecule has 0 saturated carbocycles. The van der Waals surface area contributed by atoms with Crippen molar-refractivity contribution in [1.29, 1.82) is 0 Å². The fourth-order valence-corrected chi connectivity index (χ4v) is 3.73. The van der Waals surface area contributed by atoms with Crippen molar-refractivity contribution in [3.63, 3.8) is 0 Å². The number of hydrogen-bond donors (Lipinski definition) is 0. The zero-order valence-electron chi connectivity index (χ0n) is 15.9. The first-order valence-electron chi connectivity index (χ1n) is 9.33. The molecule has 1 saturated heterocycles. The van der Waals surface area contributed by atoms with Crippen LogP contribution in [0.15, 0.2) is 42.0 Å². The lowest BCUT2D eigenvalue weighted by atomic mass is 10.1. The molecule has 1 heterocycles. The van der Waals surface area contributed by atoms with E-state index in [1.165, 1.54) is 12.1 Å². The highest BCUT2D eigenvalue weighted by atomic mass is 19.4. The van der Waals surface area contributed by atoms with E-state index in [9.17, 15) is 18.0 Å². The van der Waals surface area contributed by atoms with Gasteiger partial charge in [0.15, 0.2) is 5.78 Å². The smallest absolute Gasteiger partial charge is 0.416 e. The normalized spacial score (nSPS) is 18.3. The van der Waals surface area contributed by atoms with Crippen molar-refractivity contribution in [2.24, 2.45) is 0 Å². The summed E-state index contributed by atoms with van der Waals surface area (Å²) in [7, 11) is 1.57. The maximum absolute atomic E-state index is 12.8. The number of Topliss-reactive ketones (excluding diaryl/α,β-unsaturated/α-hetero) is 1. The summed E-state index contributed by atoms with van der Waals surface area (Å²) in [5.74, 6) is 0.515. The number of hydrogen-bond acceptors (Lipinski definition) is 4. The van der Waals surface area contributed by atoms with E-state index in [4.69, 9.17) is 9.47 Å². The minimum atomic E-state index is -4.38. The number of carbonyl (C=O) groups is 1. The number of anilines is 1. The van der Waals surface area contributed by atoms with Crippen molar-refractivity contribution in [3.05, 3.63) is 64.2 Å². The molecule has 0 unspecified atom stereocenters. The van der Waals surface area contributed by atoms with Crippen LogP contribution in [0.4, 0.5) is 18.9 Å². The zero-order chi connectivity index (χ0) is 20.6. The number of methoxy groups -OCH3 is 1. The maximum Gasteiger partial charge on any atom is 0.416 e. The van der Waals surface area contributed by atoms with Crippen LogP contribution in [-0.4, -0.2) is 39.2 Å². The van der Waals surface area contributed by atoms with Gasteiger partial charge in [0.25, 0.3) is 0 Å². The molecule has 0 spiro atoms. The number of benzene rings is 2. The molecule has 1 fully saturated rings. The third kappa shape index (κ3) is 3.87. The number of fused-ring (bicyclic) bond motifs is 1. The fraction of sp³-hybridized carbons (Fsp3) is 0.318. The summed E-state index contributed by atoms with van der Waals surface area (Å²) in [6, 6.07) is 8.55. The molecule has 2 aliphatic rings. The molecule has 0 N–H and O–H groups in total. The second kappa shape index (κ2) is 7.55. The lowest BCUT2D eigenvalue weighted by molar-refractivity contribution is -0.137. The zero-order valence-corrected chi connectivity index (χ0v) is 15.9. The highest BCUT2D eigenvalue weighted by Gasteiger charge is 2.31. The summed E-state index contributed by atoms with van der Waals surface area (Å²) in [5, 5.41) is 0. The fourth-order valence-electron chi connectivity index (χ4n) is 3.73. The van der Waals surface area contributed by atoms with Gasteiger partial charge in [0, 0.05) is 30.6 Å². The predicted octanol–water partition coefficient (Wildman–Crippen LogP) is 4.37. The molecule has 4 nitrogen and oxygen atoms in total. The van der Waals surface area contributed by atoms with Gasteiger partial charge in [-0.1, -0.05) is 12.1 Å². The first kappa shape index (κ1) is 19.5. The van der Waals surface area contributed by atoms with Gasteiger partial charge >= 0.3 is 6.18 Å². The van der Waals surface area contributed by atoms with Crippen LogP contribution in [0.2, 0.25) is 0 Å². The second-order valence-electron chi connectivity index (χ2n) is 7.08. The molecule has 0 radical (unpaired) electrons. The van der Waals surface area contributed by atoms with E-state index in [-0.39, 0.29) is 5.78 Å². The van der Waals surface area contributed by atoms with E-state index in [1.807, 2.05) is 6.07 Å². The second-order valence-corrected chi connectivity index (χ2v) is 7.08. The van der Waals surface area contributed by atoms with Gasteiger partial charge in [-0.05, 0) is 41.5 Å². The van der Waals surface area contributed by atoms with Gasteiger partial charge in [-0.15, -0.1) is 0 Å². The molecule has 0 atom stereocenters. The molecule has 0 bridgehead atoms. The van der Waals surface area contributed by atoms with Gasteiger partial charge in [0.2, 0.25) is 0 Å². The van der Waals surface area contributed by atoms with Crippen molar-refractivity contribution in [3.8, 4) is 5.75 Å². The van der Waals surface area contributed by atoms with E-state index >= 15 is 0 Å². The first-order valence-corrected chi connectivity index (χ1v) is 9.33. The third-order valence-electron chi connectivity index (χ3n) is 5.25. The summed E-state index contributed by atoms with van der Waals surface area (Å²) in [6.07, 6.45) is -2.28. The third-order valence-corrected chi connectivity index (χ3v) is 5.25. The molecule has 152 valence electrons. The Kier molecular flexibility index (Phi) is 5.08. The van der Waals surface area contributed by atoms with Crippen molar-refractivity contribution < 1.29 is 27.4 Å². The van der Waals surface area contributed by atoms with Crippen LogP contribution >= 0.6 is 0 Å². The summed E-state index contributed by atoms with van der Waals surface area (Å²) in [6.45, 7) is 2.77. The highest BCUT2D eigenvalue weighted by molar-refractivity contribution is 6.16. The Hall–Kier alpha value is -2.80. The average Bonchev–Trinajstić information content (AvgIpc) is 3.02. The SMILES string of the molecule is COc1cc2c(cc1N1CCOCC1)CC(=Cc1ccc(C(F)(F)F)cc1)C2=O. The van der Waals surface area contributed by atoms with Crippen molar-refractivity contribution in [2.45, 2.75) is 12.6 Å². The van der Waals surface area contributed by atoms with Crippen LogP contribution in [0.5, 0.6) is 5.75 Å². The van der Waals surface area contributed by atoms with Gasteiger partial charge in [-0.25, -0.2) is 0 Å². The van der Waals surface area contributed by atoms with Crippen LogP contribution in [0, 0.1) is 0 Å². The molecule has 0 amide bonds. The number of rotatable bonds is 3. The minimum absolute atomic E-state index is 0.119. The van der Waals surface area contributed by atoms with Gasteiger partial charge in [0.1, 0.15) is 5.75 Å². The van der Waals surface area contributed by atoms with Gasteiger partial charge in [0.05, 0.1) is 31.6 Å². The Bertz CT molecular complexity index is 959. The van der Waals surface area contributed by atoms with Gasteiger partial charge < -0.3 is 14.4 Å². The summed E-state index contributed by atoms with van der Waals surface area (Å²) >= 11 is 0. The average molecular weight is 403 g/mol. The van der Waals surface area contributed by atoms with E-state index in [1.54, 1.807) is 19.3 Å². The van der Waals surface area contributed by atoms with Crippen molar-refractivity contribution >= 4 is 17.5 Å². The van der Waals surface area contributed by atoms with Crippen LogP contribution in [-0.2, 0) is 17.3 Å². The van der Waals surface area contributed by atoms with Crippen molar-refractivity contribution in [2.75, 3.05) is 38.3 Å². The quantitative estimate of drug-likeness (QED) is 0.714. The largest absolute Gasteiger partial charge is 0.495 e. The topological polar surface area (TPSA) is 38.8 Å². The van der Waals surface area contributed by atoms with E-state index in [2.05, 4.69) is 4.90 Å². The summed E-state index contributed by atoms with van der Waals surface area (Å²) < 4.78 is 49.1. The maximum atomic E-state index is 12.8. The van der Waals surface area contributed by atoms with E-state index < -0.39 is 11.7 Å². The molecule has 7 heteroatoms. The Morgan fingerprint density at radius 3 is 2.41 bits per heavy atom. The number of nitrogens with zero attached hydrogens (tertiary/aromatic N) is 1. The number of alkyl halides is 3. The molecular formula is C22H20F3NO3. The number of morpholine rings is 1. The standard InChI is InChI=1S/C22H20F3NO3/c1-28-20-13-18-15(12-19(20)26-6-8-29-9-7-26)11-16(21(18)27)10-14-2-4-17(5-3-14)22(23,24)25/h2-5,10,12-13H,6-9,11H2,1H3. The lowest BCUT2D eigenvalue weighted by Crippen LogP contribution is -2.36. The molecule has 4 rings (SSSR count). The molecule has 29 heavy (non-hydrogen) atoms. The highest BCUT2D eigenvalue weighted by Crippen LogP contribution is 2.38. The molecule has 2 aromatic rings. The number of halogens is 3. The predicted molar refractivity (Wildman–Crippen MR) is 103 cm³/mol. The van der Waals surface area contributed by atoms with Crippen LogP contribution in [0.1, 0.15) is 27.0 Å². The number of ether oxygens (including phenoxy) is 2. The molecule has 2 aromatic carbocycles. The van der Waals surface area contributed by atoms with Gasteiger partial charge in [-0.2, -0.15) is 13.2 Å². The number of carbonyl (C=O) groups excluding carboxylic acids is 1. The van der Waals surface area contributed by atoms with Crippen molar-refractivity contribution in [1.82, 2.24) is 0 Å². The molecule has 0 aromatic heterocycles. The Morgan fingerprint density at radius 1 is 1.10 bits per heavy atom. The van der Waals surface area contributed by atoms with Crippen LogP contribution in [0.3, 0.4) is 0 Å². The Morgan fingerprint density at radius 2 is 1.79 bits per heavy atom. The summed E-state index contributed by atoms with van der Waals surface area (Å²) in [4.78, 5) is 15.0. The number of ketones is 1. The van der Waals surface area contributed by atoms with E-state index in [0.717, 1.165) is 36.5 Å².